The van der Waals surface area contributed by atoms with E-state index >= 15 is 0 Å². The lowest BCUT2D eigenvalue weighted by molar-refractivity contribution is 0.718. The van der Waals surface area contributed by atoms with E-state index in [0.29, 0.717) is 0 Å². The van der Waals surface area contributed by atoms with Gasteiger partial charge in [0.25, 0.3) is 0 Å². The first-order valence-corrected chi connectivity index (χ1v) is 8.33. The second-order valence-electron chi connectivity index (χ2n) is 5.77. The Balaban J connectivity index is 1.58. The van der Waals surface area contributed by atoms with Crippen LogP contribution in [0.5, 0.6) is 0 Å². The number of nitrogens with zero attached hydrogens (tertiary/aromatic N) is 1. The van der Waals surface area contributed by atoms with Crippen LogP contribution in [-0.4, -0.2) is 4.98 Å². The molecule has 106 valence electrons. The average Bonchev–Trinajstić information content (AvgIpc) is 3.11. The number of para-hydroxylation sites is 1. The van der Waals surface area contributed by atoms with Crippen molar-refractivity contribution in [3.63, 3.8) is 0 Å². The highest BCUT2D eigenvalue weighted by molar-refractivity contribution is 7.18. The molecule has 2 N–H and O–H groups in total. The summed E-state index contributed by atoms with van der Waals surface area (Å²) in [5, 5.41) is 1.13. The van der Waals surface area contributed by atoms with Crippen LogP contribution in [-0.2, 0) is 19.3 Å². The van der Waals surface area contributed by atoms with E-state index in [-0.39, 0.29) is 6.04 Å². The van der Waals surface area contributed by atoms with Crippen LogP contribution >= 0.6 is 11.3 Å². The molecule has 0 radical (unpaired) electrons. The van der Waals surface area contributed by atoms with E-state index in [1.165, 1.54) is 40.7 Å². The summed E-state index contributed by atoms with van der Waals surface area (Å²) in [4.78, 5) is 4.69. The Bertz CT molecular complexity index is 758. The number of aromatic nitrogens is 1. The Morgan fingerprint density at radius 1 is 1.10 bits per heavy atom. The number of rotatable bonds is 3. The number of thiazole rings is 1. The zero-order chi connectivity index (χ0) is 14.2. The fraction of sp³-hybridized carbons (Fsp3) is 0.278. The van der Waals surface area contributed by atoms with Crippen molar-refractivity contribution in [2.24, 2.45) is 5.73 Å². The molecule has 0 fully saturated rings. The third kappa shape index (κ3) is 2.47. The molecule has 4 rings (SSSR count). The van der Waals surface area contributed by atoms with Crippen LogP contribution in [0, 0.1) is 0 Å². The molecule has 0 bridgehead atoms. The molecule has 3 aromatic rings. The van der Waals surface area contributed by atoms with Gasteiger partial charge >= 0.3 is 0 Å². The summed E-state index contributed by atoms with van der Waals surface area (Å²) in [6, 6.07) is 15.1. The fourth-order valence-corrected chi connectivity index (χ4v) is 4.16. The maximum Gasteiger partial charge on any atom is 0.0957 e. The van der Waals surface area contributed by atoms with Crippen LogP contribution in [0.1, 0.15) is 34.2 Å². The molecular formula is C18H18N2S. The molecule has 1 atom stereocenters. The van der Waals surface area contributed by atoms with Crippen LogP contribution < -0.4 is 5.73 Å². The van der Waals surface area contributed by atoms with E-state index < -0.39 is 0 Å². The predicted octanol–water partition coefficient (Wildman–Crippen LogP) is 4.03. The Morgan fingerprint density at radius 3 is 2.86 bits per heavy atom. The van der Waals surface area contributed by atoms with Crippen molar-refractivity contribution in [1.82, 2.24) is 4.98 Å². The lowest BCUT2D eigenvalue weighted by Gasteiger charge is -2.12. The molecule has 21 heavy (non-hydrogen) atoms. The zero-order valence-electron chi connectivity index (χ0n) is 11.9. The maximum absolute atomic E-state index is 6.41. The minimum Gasteiger partial charge on any atom is -0.324 e. The van der Waals surface area contributed by atoms with Crippen LogP contribution in [0.3, 0.4) is 0 Å². The van der Waals surface area contributed by atoms with Crippen molar-refractivity contribution in [1.29, 1.82) is 0 Å². The van der Waals surface area contributed by atoms with Crippen molar-refractivity contribution in [3.8, 4) is 0 Å². The molecule has 0 spiro atoms. The largest absolute Gasteiger partial charge is 0.324 e. The highest BCUT2D eigenvalue weighted by atomic mass is 32.1. The van der Waals surface area contributed by atoms with Gasteiger partial charge < -0.3 is 5.73 Å². The second kappa shape index (κ2) is 5.24. The van der Waals surface area contributed by atoms with Gasteiger partial charge in [0.2, 0.25) is 0 Å². The highest BCUT2D eigenvalue weighted by Gasteiger charge is 2.15. The Labute approximate surface area is 128 Å². The van der Waals surface area contributed by atoms with Crippen LogP contribution in [0.2, 0.25) is 0 Å². The Morgan fingerprint density at radius 2 is 1.95 bits per heavy atom. The van der Waals surface area contributed by atoms with E-state index in [4.69, 9.17) is 5.73 Å². The molecule has 1 unspecified atom stereocenters. The molecule has 0 aliphatic heterocycles. The van der Waals surface area contributed by atoms with Crippen molar-refractivity contribution in [2.45, 2.75) is 31.7 Å². The molecule has 3 heteroatoms. The van der Waals surface area contributed by atoms with Gasteiger partial charge in [-0.15, -0.1) is 11.3 Å². The van der Waals surface area contributed by atoms with E-state index in [1.54, 1.807) is 11.3 Å². The number of nitrogens with two attached hydrogens (primary N) is 1. The third-order valence-corrected chi connectivity index (χ3v) is 5.34. The van der Waals surface area contributed by atoms with Crippen molar-refractivity contribution >= 4 is 21.6 Å². The minimum atomic E-state index is 0.0384. The van der Waals surface area contributed by atoms with E-state index in [1.807, 2.05) is 6.07 Å². The number of aryl methyl sites for hydroxylation is 2. The summed E-state index contributed by atoms with van der Waals surface area (Å²) in [5.41, 5.74) is 11.7. The Kier molecular flexibility index (Phi) is 3.24. The maximum atomic E-state index is 6.41. The first-order chi connectivity index (χ1) is 10.3. The number of hydrogen-bond donors (Lipinski definition) is 1. The van der Waals surface area contributed by atoms with Gasteiger partial charge in [0.1, 0.15) is 0 Å². The molecule has 2 aromatic carbocycles. The van der Waals surface area contributed by atoms with E-state index in [9.17, 15) is 0 Å². The topological polar surface area (TPSA) is 38.9 Å². The SMILES string of the molecule is NC(Cc1nc2ccccc2s1)c1ccc2c(c1)CCC2. The normalized spacial score (nSPS) is 15.3. The van der Waals surface area contributed by atoms with Crippen molar-refractivity contribution in [2.75, 3.05) is 0 Å². The monoisotopic (exact) mass is 294 g/mol. The summed E-state index contributed by atoms with van der Waals surface area (Å²) in [7, 11) is 0. The van der Waals surface area contributed by atoms with Gasteiger partial charge in [0.05, 0.1) is 15.2 Å². The predicted molar refractivity (Wildman–Crippen MR) is 88.7 cm³/mol. The minimum absolute atomic E-state index is 0.0384. The van der Waals surface area contributed by atoms with Crippen LogP contribution in [0.4, 0.5) is 0 Å². The average molecular weight is 294 g/mol. The zero-order valence-corrected chi connectivity index (χ0v) is 12.7. The highest BCUT2D eigenvalue weighted by Crippen LogP contribution is 2.28. The molecule has 0 saturated heterocycles. The quantitative estimate of drug-likeness (QED) is 0.792. The number of benzene rings is 2. The summed E-state index contributed by atoms with van der Waals surface area (Å²) >= 11 is 1.75. The van der Waals surface area contributed by atoms with Gasteiger partial charge in [-0.25, -0.2) is 4.98 Å². The molecular weight excluding hydrogens is 276 g/mol. The molecule has 2 nitrogen and oxygen atoms in total. The first-order valence-electron chi connectivity index (χ1n) is 7.51. The smallest absolute Gasteiger partial charge is 0.0957 e. The number of hydrogen-bond acceptors (Lipinski definition) is 3. The fourth-order valence-electron chi connectivity index (χ4n) is 3.14. The van der Waals surface area contributed by atoms with Gasteiger partial charge in [-0.2, -0.15) is 0 Å². The van der Waals surface area contributed by atoms with Gasteiger partial charge in [0, 0.05) is 12.5 Å². The standard InChI is InChI=1S/C18H18N2S/c19-15(14-9-8-12-4-3-5-13(12)10-14)11-18-20-16-6-1-2-7-17(16)21-18/h1-2,6-10,15H,3-5,11,19H2. The van der Waals surface area contributed by atoms with Crippen LogP contribution in [0.25, 0.3) is 10.2 Å². The van der Waals surface area contributed by atoms with Crippen molar-refractivity contribution < 1.29 is 0 Å². The lowest BCUT2D eigenvalue weighted by atomic mass is 10.00. The molecule has 1 aliphatic carbocycles. The summed E-state index contributed by atoms with van der Waals surface area (Å²) in [6.07, 6.45) is 4.53. The number of fused-ring (bicyclic) bond motifs is 2. The Hall–Kier alpha value is -1.71. The molecule has 0 amide bonds. The van der Waals surface area contributed by atoms with E-state index in [0.717, 1.165) is 16.9 Å². The van der Waals surface area contributed by atoms with Gasteiger partial charge in [0.15, 0.2) is 0 Å². The molecule has 1 heterocycles. The lowest BCUT2D eigenvalue weighted by Crippen LogP contribution is -2.13. The molecule has 1 aromatic heterocycles. The summed E-state index contributed by atoms with van der Waals surface area (Å²) in [5.74, 6) is 0. The van der Waals surface area contributed by atoms with Gasteiger partial charge in [-0.05, 0) is 48.1 Å². The summed E-state index contributed by atoms with van der Waals surface area (Å²) < 4.78 is 1.24. The molecule has 0 saturated carbocycles. The summed E-state index contributed by atoms with van der Waals surface area (Å²) in [6.45, 7) is 0. The van der Waals surface area contributed by atoms with Crippen LogP contribution in [0.15, 0.2) is 42.5 Å². The first kappa shape index (κ1) is 13.0. The third-order valence-electron chi connectivity index (χ3n) is 4.28. The van der Waals surface area contributed by atoms with Gasteiger partial charge in [-0.1, -0.05) is 30.3 Å². The van der Waals surface area contributed by atoms with E-state index in [2.05, 4.69) is 41.4 Å². The van der Waals surface area contributed by atoms with Gasteiger partial charge in [-0.3, -0.25) is 0 Å². The molecule has 1 aliphatic rings. The van der Waals surface area contributed by atoms with Crippen molar-refractivity contribution in [3.05, 3.63) is 64.2 Å². The second-order valence-corrected chi connectivity index (χ2v) is 6.88.